The van der Waals surface area contributed by atoms with Gasteiger partial charge in [-0.15, -0.1) is 0 Å². The molecule has 0 saturated heterocycles. The first-order valence-corrected chi connectivity index (χ1v) is 5.71. The van der Waals surface area contributed by atoms with E-state index in [0.717, 1.165) is 5.56 Å². The summed E-state index contributed by atoms with van der Waals surface area (Å²) in [5.41, 5.74) is 7.15. The van der Waals surface area contributed by atoms with Crippen LogP contribution in [0.4, 0.5) is 4.79 Å². The Morgan fingerprint density at radius 1 is 1.21 bits per heavy atom. The molecule has 5 nitrogen and oxygen atoms in total. The predicted molar refractivity (Wildman–Crippen MR) is 71.6 cm³/mol. The number of aliphatic imine (C=N–C) groups is 1. The molecule has 0 fully saturated rings. The Morgan fingerprint density at radius 2 is 2.00 bits per heavy atom. The highest BCUT2D eigenvalue weighted by molar-refractivity contribution is 6.02. The van der Waals surface area contributed by atoms with E-state index in [2.05, 4.69) is 9.98 Å². The van der Waals surface area contributed by atoms with Gasteiger partial charge in [0.05, 0.1) is 0 Å². The van der Waals surface area contributed by atoms with Gasteiger partial charge in [-0.1, -0.05) is 30.3 Å². The van der Waals surface area contributed by atoms with E-state index in [1.165, 1.54) is 6.20 Å². The van der Waals surface area contributed by atoms with Gasteiger partial charge in [0.2, 0.25) is 0 Å². The molecule has 2 N–H and O–H groups in total. The third-order valence-corrected chi connectivity index (χ3v) is 2.37. The number of aromatic nitrogens is 1. The molecule has 2 rings (SSSR count). The zero-order valence-corrected chi connectivity index (χ0v) is 10.2. The summed E-state index contributed by atoms with van der Waals surface area (Å²) in [6, 6.07) is 12.8. The van der Waals surface area contributed by atoms with Crippen molar-refractivity contribution in [2.24, 2.45) is 10.7 Å². The molecule has 0 bridgehead atoms. The lowest BCUT2D eigenvalue weighted by Gasteiger charge is -2.02. The molecule has 1 aromatic heterocycles. The molecule has 0 unspecified atom stereocenters. The smallest absolute Gasteiger partial charge is 0.435 e. The summed E-state index contributed by atoms with van der Waals surface area (Å²) in [7, 11) is 0. The van der Waals surface area contributed by atoms with Crippen LogP contribution in [0.5, 0.6) is 0 Å². The van der Waals surface area contributed by atoms with Crippen molar-refractivity contribution >= 4 is 11.9 Å². The Balaban J connectivity index is 1.94. The van der Waals surface area contributed by atoms with Gasteiger partial charge < -0.3 is 10.5 Å². The molecule has 0 saturated carbocycles. The highest BCUT2D eigenvalue weighted by atomic mass is 16.5. The lowest BCUT2D eigenvalue weighted by Crippen LogP contribution is -2.16. The number of ether oxygens (including phenoxy) is 1. The van der Waals surface area contributed by atoms with Gasteiger partial charge in [0.25, 0.3) is 0 Å². The van der Waals surface area contributed by atoms with Crippen molar-refractivity contribution in [2.75, 3.05) is 0 Å². The third kappa shape index (κ3) is 3.92. The average Bonchev–Trinajstić information content (AvgIpc) is 2.47. The van der Waals surface area contributed by atoms with Crippen LogP contribution in [0.25, 0.3) is 0 Å². The second-order valence-electron chi connectivity index (χ2n) is 3.78. The van der Waals surface area contributed by atoms with E-state index in [9.17, 15) is 4.79 Å². The summed E-state index contributed by atoms with van der Waals surface area (Å²) < 4.78 is 4.99. The summed E-state index contributed by atoms with van der Waals surface area (Å²) in [4.78, 5) is 19.0. The van der Waals surface area contributed by atoms with E-state index in [-0.39, 0.29) is 12.4 Å². The van der Waals surface area contributed by atoms with Crippen molar-refractivity contribution in [2.45, 2.75) is 6.61 Å². The maximum atomic E-state index is 11.5. The quantitative estimate of drug-likeness (QED) is 0.673. The van der Waals surface area contributed by atoms with Gasteiger partial charge >= 0.3 is 6.09 Å². The number of pyridine rings is 1. The minimum atomic E-state index is -0.717. The summed E-state index contributed by atoms with van der Waals surface area (Å²) >= 11 is 0. The Hall–Kier alpha value is -2.69. The monoisotopic (exact) mass is 255 g/mol. The minimum Gasteiger partial charge on any atom is -0.443 e. The molecule has 2 aromatic rings. The molecule has 1 amide bonds. The number of rotatable bonds is 3. The molecule has 0 radical (unpaired) electrons. The topological polar surface area (TPSA) is 77.6 Å². The van der Waals surface area contributed by atoms with Crippen LogP contribution in [-0.2, 0) is 11.3 Å². The van der Waals surface area contributed by atoms with Crippen LogP contribution >= 0.6 is 0 Å². The summed E-state index contributed by atoms with van der Waals surface area (Å²) in [5.74, 6) is 0.0890. The lowest BCUT2D eigenvalue weighted by molar-refractivity contribution is 0.151. The third-order valence-electron chi connectivity index (χ3n) is 2.37. The molecule has 1 aromatic carbocycles. The van der Waals surface area contributed by atoms with Crippen molar-refractivity contribution in [1.82, 2.24) is 4.98 Å². The second-order valence-corrected chi connectivity index (χ2v) is 3.78. The highest BCUT2D eigenvalue weighted by Gasteiger charge is 2.04. The van der Waals surface area contributed by atoms with E-state index in [1.807, 2.05) is 30.3 Å². The highest BCUT2D eigenvalue weighted by Crippen LogP contribution is 2.02. The summed E-state index contributed by atoms with van der Waals surface area (Å²) in [6.45, 7) is 0.170. The fraction of sp³-hybridized carbons (Fsp3) is 0.0714. The van der Waals surface area contributed by atoms with Crippen LogP contribution in [0, 0.1) is 0 Å². The first-order valence-electron chi connectivity index (χ1n) is 5.71. The first kappa shape index (κ1) is 12.8. The number of hydrogen-bond donors (Lipinski definition) is 1. The van der Waals surface area contributed by atoms with Gasteiger partial charge in [0.1, 0.15) is 12.4 Å². The number of hydrogen-bond acceptors (Lipinski definition) is 3. The molecule has 0 aliphatic heterocycles. The van der Waals surface area contributed by atoms with E-state index in [1.54, 1.807) is 18.3 Å². The van der Waals surface area contributed by atoms with Crippen molar-refractivity contribution < 1.29 is 9.53 Å². The molecule has 0 aliphatic carbocycles. The Morgan fingerprint density at radius 3 is 2.68 bits per heavy atom. The van der Waals surface area contributed by atoms with Gasteiger partial charge in [-0.2, -0.15) is 4.99 Å². The fourth-order valence-corrected chi connectivity index (χ4v) is 1.43. The van der Waals surface area contributed by atoms with E-state index in [0.29, 0.717) is 5.56 Å². The zero-order valence-electron chi connectivity index (χ0n) is 10.2. The minimum absolute atomic E-state index is 0.0890. The maximum absolute atomic E-state index is 11.5. The SMILES string of the molecule is NC(=NC(=O)OCc1ccccc1)c1cccnc1. The van der Waals surface area contributed by atoms with Crippen LogP contribution < -0.4 is 5.73 Å². The zero-order chi connectivity index (χ0) is 13.5. The van der Waals surface area contributed by atoms with Crippen molar-refractivity contribution in [1.29, 1.82) is 0 Å². The standard InChI is InChI=1S/C14H13N3O2/c15-13(12-7-4-8-16-9-12)17-14(18)19-10-11-5-2-1-3-6-11/h1-9H,10H2,(H2,15,17,18). The van der Waals surface area contributed by atoms with Gasteiger partial charge in [-0.05, 0) is 17.7 Å². The molecule has 96 valence electrons. The molecule has 0 aliphatic rings. The molecule has 0 spiro atoms. The van der Waals surface area contributed by atoms with Crippen molar-refractivity contribution in [3.8, 4) is 0 Å². The largest absolute Gasteiger partial charge is 0.443 e. The number of carbonyl (C=O) groups is 1. The van der Waals surface area contributed by atoms with Gasteiger partial charge in [-0.3, -0.25) is 4.98 Å². The van der Waals surface area contributed by atoms with Crippen LogP contribution in [0.3, 0.4) is 0 Å². The number of nitrogens with zero attached hydrogens (tertiary/aromatic N) is 2. The van der Waals surface area contributed by atoms with E-state index < -0.39 is 6.09 Å². The Bertz CT molecular complexity index is 568. The number of benzene rings is 1. The lowest BCUT2D eigenvalue weighted by atomic mass is 10.2. The summed E-state index contributed by atoms with van der Waals surface area (Å²) in [5, 5.41) is 0. The van der Waals surface area contributed by atoms with Crippen LogP contribution in [0.1, 0.15) is 11.1 Å². The van der Waals surface area contributed by atoms with Crippen LogP contribution in [0.2, 0.25) is 0 Å². The van der Waals surface area contributed by atoms with Crippen LogP contribution in [-0.4, -0.2) is 16.9 Å². The van der Waals surface area contributed by atoms with E-state index >= 15 is 0 Å². The molecule has 19 heavy (non-hydrogen) atoms. The maximum Gasteiger partial charge on any atom is 0.435 e. The molecular weight excluding hydrogens is 242 g/mol. The number of amides is 1. The predicted octanol–water partition coefficient (Wildman–Crippen LogP) is 2.12. The van der Waals surface area contributed by atoms with Gasteiger partial charge in [0, 0.05) is 18.0 Å². The average molecular weight is 255 g/mol. The normalized spacial score (nSPS) is 11.1. The van der Waals surface area contributed by atoms with Crippen LogP contribution in [0.15, 0.2) is 59.9 Å². The fourth-order valence-electron chi connectivity index (χ4n) is 1.43. The number of amidine groups is 1. The first-order chi connectivity index (χ1) is 9.25. The number of nitrogens with two attached hydrogens (primary N) is 1. The molecule has 1 heterocycles. The Kier molecular flexibility index (Phi) is 4.23. The van der Waals surface area contributed by atoms with Crippen molar-refractivity contribution in [3.05, 3.63) is 66.0 Å². The van der Waals surface area contributed by atoms with Crippen molar-refractivity contribution in [3.63, 3.8) is 0 Å². The second kappa shape index (κ2) is 6.30. The Labute approximate surface area is 110 Å². The molecular formula is C14H13N3O2. The summed E-state index contributed by atoms with van der Waals surface area (Å²) in [6.07, 6.45) is 2.43. The molecule has 5 heteroatoms. The molecule has 0 atom stereocenters. The van der Waals surface area contributed by atoms with Gasteiger partial charge in [-0.25, -0.2) is 4.79 Å². The number of carbonyl (C=O) groups excluding carboxylic acids is 1. The van der Waals surface area contributed by atoms with Gasteiger partial charge in [0.15, 0.2) is 0 Å². The van der Waals surface area contributed by atoms with E-state index in [4.69, 9.17) is 10.5 Å².